The van der Waals surface area contributed by atoms with Gasteiger partial charge in [0.1, 0.15) is 12.4 Å². The summed E-state index contributed by atoms with van der Waals surface area (Å²) in [5.74, 6) is -0.202. The van der Waals surface area contributed by atoms with Crippen molar-refractivity contribution < 1.29 is 29.0 Å². The maximum atomic E-state index is 13.3. The lowest BCUT2D eigenvalue weighted by Gasteiger charge is -2.26. The van der Waals surface area contributed by atoms with Crippen LogP contribution >= 0.6 is 0 Å². The van der Waals surface area contributed by atoms with Crippen molar-refractivity contribution in [3.05, 3.63) is 71.4 Å². The number of carbonyl (C=O) groups excluding carboxylic acids is 2. The van der Waals surface area contributed by atoms with E-state index in [0.29, 0.717) is 34.7 Å². The summed E-state index contributed by atoms with van der Waals surface area (Å²) in [4.78, 5) is 40.9. The van der Waals surface area contributed by atoms with Crippen LogP contribution in [0.15, 0.2) is 54.6 Å². The molecule has 224 valence electrons. The minimum Gasteiger partial charge on any atom is -0.492 e. The van der Waals surface area contributed by atoms with Crippen LogP contribution < -0.4 is 10.2 Å². The van der Waals surface area contributed by atoms with Gasteiger partial charge in [0.25, 0.3) is 11.8 Å². The van der Waals surface area contributed by atoms with E-state index in [2.05, 4.69) is 10.3 Å². The van der Waals surface area contributed by atoms with Crippen molar-refractivity contribution >= 4 is 34.9 Å². The van der Waals surface area contributed by atoms with Crippen molar-refractivity contribution in [3.8, 4) is 5.75 Å². The second kappa shape index (κ2) is 13.2. The fourth-order valence-corrected chi connectivity index (χ4v) is 5.04. The fourth-order valence-electron chi connectivity index (χ4n) is 5.04. The normalized spacial score (nSPS) is 14.4. The number of morpholine rings is 1. The number of fused-ring (bicyclic) bond motifs is 1. The first kappa shape index (κ1) is 30.8. The minimum absolute atomic E-state index is 0.337. The summed E-state index contributed by atoms with van der Waals surface area (Å²) in [5.41, 5.74) is 4.35. The van der Waals surface area contributed by atoms with Crippen molar-refractivity contribution in [2.45, 2.75) is 46.1 Å². The summed E-state index contributed by atoms with van der Waals surface area (Å²) >= 11 is 0. The van der Waals surface area contributed by atoms with Gasteiger partial charge < -0.3 is 14.6 Å². The molecule has 1 saturated heterocycles. The van der Waals surface area contributed by atoms with Crippen LogP contribution in [-0.2, 0) is 14.9 Å². The van der Waals surface area contributed by atoms with Crippen LogP contribution in [-0.4, -0.2) is 83.0 Å². The number of amides is 2. The van der Waals surface area contributed by atoms with Crippen molar-refractivity contribution in [2.75, 3.05) is 39.5 Å². The Morgan fingerprint density at radius 2 is 1.74 bits per heavy atom. The van der Waals surface area contributed by atoms with E-state index in [-0.39, 0.29) is 6.04 Å². The quantitative estimate of drug-likeness (QED) is 0.293. The molecule has 2 heterocycles. The third-order valence-corrected chi connectivity index (χ3v) is 7.08. The van der Waals surface area contributed by atoms with E-state index in [1.54, 1.807) is 56.3 Å². The Balaban J connectivity index is 1.47. The Labute approximate surface area is 246 Å². The highest BCUT2D eigenvalue weighted by molar-refractivity contribution is 6.02. The summed E-state index contributed by atoms with van der Waals surface area (Å²) in [5, 5.41) is 12.0. The number of nitrogens with one attached hydrogen (secondary N) is 1. The summed E-state index contributed by atoms with van der Waals surface area (Å²) in [6.45, 7) is 14.0. The lowest BCUT2D eigenvalue weighted by atomic mass is 9.88. The molecular formula is C32H40N4O6. The Kier molecular flexibility index (Phi) is 9.70. The average Bonchev–Trinajstić information content (AvgIpc) is 3.30. The van der Waals surface area contributed by atoms with Crippen LogP contribution in [0.2, 0.25) is 0 Å². The van der Waals surface area contributed by atoms with Crippen molar-refractivity contribution in [2.24, 2.45) is 0 Å². The zero-order valence-corrected chi connectivity index (χ0v) is 24.9. The molecule has 0 radical (unpaired) electrons. The van der Waals surface area contributed by atoms with E-state index in [1.165, 1.54) is 15.7 Å². The number of carbonyl (C=O) groups is 3. The van der Waals surface area contributed by atoms with Gasteiger partial charge in [0.15, 0.2) is 0 Å². The number of carboxylic acid groups (broad SMARTS) is 1. The molecule has 2 aromatic carbocycles. The molecule has 3 aromatic rings. The Morgan fingerprint density at radius 1 is 1.07 bits per heavy atom. The van der Waals surface area contributed by atoms with Crippen LogP contribution in [0, 0.1) is 0 Å². The monoisotopic (exact) mass is 576 g/mol. The molecule has 42 heavy (non-hydrogen) atoms. The summed E-state index contributed by atoms with van der Waals surface area (Å²) in [6, 6.07) is 13.7. The molecule has 10 heteroatoms. The maximum absolute atomic E-state index is 13.3. The zero-order chi connectivity index (χ0) is 30.4. The fraction of sp³-hybridized carbons (Fsp3) is 0.406. The van der Waals surface area contributed by atoms with Gasteiger partial charge in [-0.1, -0.05) is 39.0 Å². The Hall–Kier alpha value is -4.15. The number of ether oxygens (including phenoxy) is 2. The number of hydrazine groups is 1. The molecule has 0 spiro atoms. The number of nitrogens with zero attached hydrogens (tertiary/aromatic N) is 3. The Morgan fingerprint density at radius 3 is 2.36 bits per heavy atom. The molecule has 0 atom stereocenters. The summed E-state index contributed by atoms with van der Waals surface area (Å²) in [7, 11) is 0. The minimum atomic E-state index is -1.09. The highest BCUT2D eigenvalue weighted by atomic mass is 16.5. The van der Waals surface area contributed by atoms with Gasteiger partial charge in [-0.2, -0.15) is 0 Å². The van der Waals surface area contributed by atoms with E-state index in [4.69, 9.17) is 9.47 Å². The maximum Gasteiger partial charge on any atom is 0.416 e. The van der Waals surface area contributed by atoms with E-state index >= 15 is 0 Å². The summed E-state index contributed by atoms with van der Waals surface area (Å²) in [6.07, 6.45) is 1.91. The zero-order valence-electron chi connectivity index (χ0n) is 24.9. The highest BCUT2D eigenvalue weighted by Crippen LogP contribution is 2.35. The van der Waals surface area contributed by atoms with E-state index < -0.39 is 23.3 Å². The predicted octanol–water partition coefficient (Wildman–Crippen LogP) is 4.77. The molecule has 2 amide bonds. The van der Waals surface area contributed by atoms with Gasteiger partial charge in [-0.15, -0.1) is 0 Å². The second-order valence-electron chi connectivity index (χ2n) is 11.6. The molecule has 4 rings (SSSR count). The van der Waals surface area contributed by atoms with Gasteiger partial charge in [-0.3, -0.25) is 19.9 Å². The van der Waals surface area contributed by atoms with Crippen LogP contribution in [0.4, 0.5) is 4.79 Å². The molecule has 0 unspecified atom stereocenters. The largest absolute Gasteiger partial charge is 0.492 e. The SMILES string of the molecule is CC(C)N(NC(=O)c1ccc(OCCN2CCOCC2)cc1)C(=O)/C=C/c1c(C(C)(C)C)n(C(=O)O)c2ccccc12. The first-order valence-corrected chi connectivity index (χ1v) is 14.2. The van der Waals surface area contributed by atoms with Crippen LogP contribution in [0.5, 0.6) is 5.75 Å². The lowest BCUT2D eigenvalue weighted by molar-refractivity contribution is -0.130. The number of benzene rings is 2. The van der Waals surface area contributed by atoms with Gasteiger partial charge in [0.05, 0.1) is 18.7 Å². The van der Waals surface area contributed by atoms with Crippen molar-refractivity contribution in [1.82, 2.24) is 19.9 Å². The van der Waals surface area contributed by atoms with Crippen LogP contribution in [0.3, 0.4) is 0 Å². The molecule has 0 aliphatic carbocycles. The topological polar surface area (TPSA) is 113 Å². The van der Waals surface area contributed by atoms with E-state index in [9.17, 15) is 19.5 Å². The number of hydrogen-bond donors (Lipinski definition) is 2. The van der Waals surface area contributed by atoms with Gasteiger partial charge in [0.2, 0.25) is 0 Å². The van der Waals surface area contributed by atoms with E-state index in [0.717, 1.165) is 38.2 Å². The molecule has 1 aliphatic heterocycles. The summed E-state index contributed by atoms with van der Waals surface area (Å²) < 4.78 is 12.5. The third-order valence-electron chi connectivity index (χ3n) is 7.08. The highest BCUT2D eigenvalue weighted by Gasteiger charge is 2.28. The first-order chi connectivity index (χ1) is 20.0. The van der Waals surface area contributed by atoms with Gasteiger partial charge in [0, 0.05) is 59.4 Å². The van der Waals surface area contributed by atoms with Crippen LogP contribution in [0.1, 0.15) is 56.2 Å². The van der Waals surface area contributed by atoms with Crippen LogP contribution in [0.25, 0.3) is 17.0 Å². The molecule has 1 fully saturated rings. The predicted molar refractivity (Wildman–Crippen MR) is 162 cm³/mol. The molecule has 1 aromatic heterocycles. The van der Waals surface area contributed by atoms with Gasteiger partial charge >= 0.3 is 6.09 Å². The molecule has 10 nitrogen and oxygen atoms in total. The second-order valence-corrected chi connectivity index (χ2v) is 11.6. The molecule has 0 saturated carbocycles. The van der Waals surface area contributed by atoms with Gasteiger partial charge in [-0.25, -0.2) is 14.4 Å². The van der Waals surface area contributed by atoms with Crippen molar-refractivity contribution in [3.63, 3.8) is 0 Å². The molecule has 0 bridgehead atoms. The lowest BCUT2D eigenvalue weighted by Crippen LogP contribution is -2.49. The number of para-hydroxylation sites is 1. The number of hydrogen-bond acceptors (Lipinski definition) is 6. The third kappa shape index (κ3) is 7.18. The molecule has 1 aliphatic rings. The number of rotatable bonds is 8. The molecular weight excluding hydrogens is 536 g/mol. The standard InChI is InChI=1S/C32H40N4O6/c1-22(2)36(33-30(38)23-10-12-24(13-11-23)42-21-18-34-16-19-41-20-17-34)28(37)15-14-26-25-8-6-7-9-27(25)35(31(39)40)29(26)32(3,4)5/h6-15,22H,16-21H2,1-5H3,(H,33,38)(H,39,40)/b15-14+. The van der Waals surface area contributed by atoms with Gasteiger partial charge in [-0.05, 0) is 50.3 Å². The first-order valence-electron chi connectivity index (χ1n) is 14.2. The Bertz CT molecular complexity index is 1450. The number of aromatic nitrogens is 1. The van der Waals surface area contributed by atoms with E-state index in [1.807, 2.05) is 32.9 Å². The molecule has 2 N–H and O–H groups in total. The smallest absolute Gasteiger partial charge is 0.416 e. The average molecular weight is 577 g/mol. The van der Waals surface area contributed by atoms with Crippen molar-refractivity contribution in [1.29, 1.82) is 0 Å².